The molecule has 6 heteroatoms. The first-order chi connectivity index (χ1) is 11.6. The fourth-order valence-corrected chi connectivity index (χ4v) is 2.19. The molecule has 0 aliphatic heterocycles. The molecule has 0 atom stereocenters. The van der Waals surface area contributed by atoms with Gasteiger partial charge in [0.05, 0.1) is 7.11 Å². The number of phenolic OH excluding ortho intramolecular Hbond substituents is 1. The van der Waals surface area contributed by atoms with E-state index in [9.17, 15) is 14.3 Å². The number of aromatic hydroxyl groups is 1. The molecule has 1 aromatic heterocycles. The molecule has 122 valence electrons. The van der Waals surface area contributed by atoms with Crippen molar-refractivity contribution in [2.24, 2.45) is 0 Å². The summed E-state index contributed by atoms with van der Waals surface area (Å²) in [5.74, 6) is -0.0239. The molecular formula is C18H14FNO4. The molecule has 0 saturated heterocycles. The lowest BCUT2D eigenvalue weighted by molar-refractivity contribution is 0.0997. The average molecular weight is 327 g/mol. The van der Waals surface area contributed by atoms with E-state index in [0.717, 1.165) is 0 Å². The van der Waals surface area contributed by atoms with Gasteiger partial charge in [-0.1, -0.05) is 0 Å². The molecule has 3 rings (SSSR count). The number of phenols is 1. The number of halogens is 1. The number of carbonyl (C=O) groups excluding carboxylic acids is 1. The molecule has 1 amide bonds. The van der Waals surface area contributed by atoms with Crippen LogP contribution in [-0.2, 0) is 0 Å². The number of nitrogens with one attached hydrogen (secondary N) is 1. The molecule has 3 aromatic rings. The first-order valence-corrected chi connectivity index (χ1v) is 7.11. The lowest BCUT2D eigenvalue weighted by atomic mass is 10.2. The normalized spacial score (nSPS) is 10.4. The monoisotopic (exact) mass is 327 g/mol. The lowest BCUT2D eigenvalue weighted by Crippen LogP contribution is -2.10. The molecule has 0 spiro atoms. The van der Waals surface area contributed by atoms with E-state index in [1.807, 2.05) is 0 Å². The Hall–Kier alpha value is -3.28. The van der Waals surface area contributed by atoms with Crippen LogP contribution in [-0.4, -0.2) is 18.1 Å². The summed E-state index contributed by atoms with van der Waals surface area (Å²) in [6.45, 7) is 0. The minimum Gasteiger partial charge on any atom is -0.504 e. The number of carbonyl (C=O) groups is 1. The van der Waals surface area contributed by atoms with Gasteiger partial charge in [-0.2, -0.15) is 0 Å². The van der Waals surface area contributed by atoms with E-state index in [1.54, 1.807) is 24.3 Å². The SMILES string of the molecule is COc1ccc(NC(=O)c2ccc(-c3ccc(F)cc3)o2)cc1O. The third kappa shape index (κ3) is 3.22. The number of benzene rings is 2. The zero-order valence-corrected chi connectivity index (χ0v) is 12.7. The van der Waals surface area contributed by atoms with Crippen molar-refractivity contribution >= 4 is 11.6 Å². The van der Waals surface area contributed by atoms with Gasteiger partial charge < -0.3 is 19.6 Å². The van der Waals surface area contributed by atoms with E-state index in [4.69, 9.17) is 9.15 Å². The highest BCUT2D eigenvalue weighted by molar-refractivity contribution is 6.02. The predicted octanol–water partition coefficient (Wildman–Crippen LogP) is 4.05. The van der Waals surface area contributed by atoms with Gasteiger partial charge in [-0.15, -0.1) is 0 Å². The molecule has 2 N–H and O–H groups in total. The van der Waals surface area contributed by atoms with Crippen LogP contribution in [0, 0.1) is 5.82 Å². The maximum absolute atomic E-state index is 12.9. The summed E-state index contributed by atoms with van der Waals surface area (Å²) in [5.41, 5.74) is 1.07. The highest BCUT2D eigenvalue weighted by atomic mass is 19.1. The Morgan fingerprint density at radius 3 is 2.54 bits per heavy atom. The second-order valence-corrected chi connectivity index (χ2v) is 5.01. The molecule has 0 aliphatic rings. The zero-order valence-electron chi connectivity index (χ0n) is 12.7. The van der Waals surface area contributed by atoms with Crippen molar-refractivity contribution in [1.29, 1.82) is 0 Å². The van der Waals surface area contributed by atoms with Gasteiger partial charge in [0.25, 0.3) is 5.91 Å². The van der Waals surface area contributed by atoms with Gasteiger partial charge in [0, 0.05) is 17.3 Å². The Morgan fingerprint density at radius 2 is 1.88 bits per heavy atom. The Labute approximate surface area is 137 Å². The molecule has 0 fully saturated rings. The van der Waals surface area contributed by atoms with Crippen LogP contribution in [0.25, 0.3) is 11.3 Å². The molecule has 5 nitrogen and oxygen atoms in total. The summed E-state index contributed by atoms with van der Waals surface area (Å²) in [4.78, 5) is 12.2. The minimum absolute atomic E-state index is 0.0817. The van der Waals surface area contributed by atoms with Crippen molar-refractivity contribution < 1.29 is 23.4 Å². The first kappa shape index (κ1) is 15.6. The number of ether oxygens (including phenoxy) is 1. The summed E-state index contributed by atoms with van der Waals surface area (Å²) in [6, 6.07) is 13.4. The third-order valence-electron chi connectivity index (χ3n) is 3.40. The Kier molecular flexibility index (Phi) is 4.20. The summed E-state index contributed by atoms with van der Waals surface area (Å²) in [6.07, 6.45) is 0. The van der Waals surface area contributed by atoms with E-state index in [0.29, 0.717) is 22.8 Å². The quantitative estimate of drug-likeness (QED) is 0.758. The largest absolute Gasteiger partial charge is 0.504 e. The van der Waals surface area contributed by atoms with Crippen LogP contribution in [0.5, 0.6) is 11.5 Å². The van der Waals surface area contributed by atoms with Crippen LogP contribution in [0.4, 0.5) is 10.1 Å². The summed E-state index contributed by atoms with van der Waals surface area (Å²) in [7, 11) is 1.44. The average Bonchev–Trinajstić information content (AvgIpc) is 3.06. The minimum atomic E-state index is -0.465. The van der Waals surface area contributed by atoms with Gasteiger partial charge >= 0.3 is 0 Å². The summed E-state index contributed by atoms with van der Waals surface area (Å²) in [5, 5.41) is 12.3. The van der Waals surface area contributed by atoms with E-state index in [-0.39, 0.29) is 17.3 Å². The van der Waals surface area contributed by atoms with Crippen molar-refractivity contribution in [2.45, 2.75) is 0 Å². The Bertz CT molecular complexity index is 871. The van der Waals surface area contributed by atoms with Crippen molar-refractivity contribution in [3.05, 3.63) is 66.2 Å². The van der Waals surface area contributed by atoms with E-state index in [1.165, 1.54) is 37.4 Å². The molecule has 2 aromatic carbocycles. The standard InChI is InChI=1S/C18H14FNO4/c1-23-16-7-6-13(10-14(16)21)20-18(22)17-9-8-15(24-17)11-2-4-12(19)5-3-11/h2-10,21H,1H3,(H,20,22). The molecule has 24 heavy (non-hydrogen) atoms. The summed E-state index contributed by atoms with van der Waals surface area (Å²) < 4.78 is 23.4. The molecule has 0 radical (unpaired) electrons. The molecular weight excluding hydrogens is 313 g/mol. The van der Waals surface area contributed by atoms with Crippen LogP contribution in [0.2, 0.25) is 0 Å². The highest BCUT2D eigenvalue weighted by Gasteiger charge is 2.13. The van der Waals surface area contributed by atoms with Crippen LogP contribution in [0.3, 0.4) is 0 Å². The Balaban J connectivity index is 1.76. The number of methoxy groups -OCH3 is 1. The van der Waals surface area contributed by atoms with Gasteiger partial charge in [0.2, 0.25) is 0 Å². The maximum Gasteiger partial charge on any atom is 0.291 e. The topological polar surface area (TPSA) is 71.7 Å². The van der Waals surface area contributed by atoms with Crippen LogP contribution in [0.1, 0.15) is 10.6 Å². The van der Waals surface area contributed by atoms with Crippen LogP contribution in [0.15, 0.2) is 59.0 Å². The Morgan fingerprint density at radius 1 is 1.12 bits per heavy atom. The fourth-order valence-electron chi connectivity index (χ4n) is 2.19. The molecule has 0 saturated carbocycles. The van der Waals surface area contributed by atoms with E-state index in [2.05, 4.69) is 5.32 Å². The highest BCUT2D eigenvalue weighted by Crippen LogP contribution is 2.29. The van der Waals surface area contributed by atoms with E-state index < -0.39 is 5.91 Å². The number of furan rings is 1. The van der Waals surface area contributed by atoms with Gasteiger partial charge in [-0.25, -0.2) is 4.39 Å². The van der Waals surface area contributed by atoms with Gasteiger partial charge in [-0.05, 0) is 48.5 Å². The summed E-state index contributed by atoms with van der Waals surface area (Å²) >= 11 is 0. The zero-order chi connectivity index (χ0) is 17.1. The van der Waals surface area contributed by atoms with Crippen molar-refractivity contribution in [3.63, 3.8) is 0 Å². The number of anilines is 1. The van der Waals surface area contributed by atoms with Crippen molar-refractivity contribution in [1.82, 2.24) is 0 Å². The molecule has 0 aliphatic carbocycles. The van der Waals surface area contributed by atoms with Crippen LogP contribution >= 0.6 is 0 Å². The molecule has 0 bridgehead atoms. The van der Waals surface area contributed by atoms with Gasteiger partial charge in [-0.3, -0.25) is 4.79 Å². The van der Waals surface area contributed by atoms with Crippen molar-refractivity contribution in [3.8, 4) is 22.8 Å². The van der Waals surface area contributed by atoms with Gasteiger partial charge in [0.1, 0.15) is 11.6 Å². The second kappa shape index (κ2) is 6.45. The number of amides is 1. The van der Waals surface area contributed by atoms with E-state index >= 15 is 0 Å². The second-order valence-electron chi connectivity index (χ2n) is 5.01. The lowest BCUT2D eigenvalue weighted by Gasteiger charge is -2.07. The smallest absolute Gasteiger partial charge is 0.291 e. The number of hydrogen-bond donors (Lipinski definition) is 2. The van der Waals surface area contributed by atoms with Crippen molar-refractivity contribution in [2.75, 3.05) is 12.4 Å². The number of hydrogen-bond acceptors (Lipinski definition) is 4. The van der Waals surface area contributed by atoms with Gasteiger partial charge in [0.15, 0.2) is 17.3 Å². The third-order valence-corrected chi connectivity index (χ3v) is 3.40. The number of rotatable bonds is 4. The molecule has 0 unspecified atom stereocenters. The fraction of sp³-hybridized carbons (Fsp3) is 0.0556. The first-order valence-electron chi connectivity index (χ1n) is 7.11. The predicted molar refractivity (Wildman–Crippen MR) is 86.7 cm³/mol. The van der Waals surface area contributed by atoms with Crippen LogP contribution < -0.4 is 10.1 Å². The maximum atomic E-state index is 12.9. The molecule has 1 heterocycles.